The van der Waals surface area contributed by atoms with Crippen molar-refractivity contribution in [3.05, 3.63) is 23.8 Å². The molecular weight excluding hydrogens is 521 g/mol. The summed E-state index contributed by atoms with van der Waals surface area (Å²) < 4.78 is 40.7. The minimum absolute atomic E-state index is 0. The molecule has 0 spiro atoms. The van der Waals surface area contributed by atoms with Gasteiger partial charge in [-0.2, -0.15) is 8.78 Å². The minimum atomic E-state index is -2.90. The van der Waals surface area contributed by atoms with Crippen LogP contribution in [0.25, 0.3) is 0 Å². The van der Waals surface area contributed by atoms with Crippen LogP contribution in [0.1, 0.15) is 25.8 Å². The predicted octanol–water partition coefficient (Wildman–Crippen LogP) is 3.33. The lowest BCUT2D eigenvalue weighted by Crippen LogP contribution is -2.51. The lowest BCUT2D eigenvalue weighted by atomic mass is 10.0. The van der Waals surface area contributed by atoms with Crippen LogP contribution in [0.2, 0.25) is 0 Å². The summed E-state index contributed by atoms with van der Waals surface area (Å²) in [4.78, 5) is 6.71. The van der Waals surface area contributed by atoms with E-state index in [1.807, 2.05) is 0 Å². The number of benzene rings is 1. The van der Waals surface area contributed by atoms with Crippen LogP contribution in [-0.2, 0) is 11.3 Å². The fraction of sp³-hybridized carbons (Fsp3) is 0.667. The Morgan fingerprint density at radius 2 is 1.94 bits per heavy atom. The lowest BCUT2D eigenvalue weighted by molar-refractivity contribution is -0.0505. The predicted molar refractivity (Wildman–Crippen MR) is 129 cm³/mol. The number of aliphatic imine (C=N–C) groups is 1. The van der Waals surface area contributed by atoms with Crippen molar-refractivity contribution in [1.29, 1.82) is 0 Å². The molecule has 178 valence electrons. The number of alkyl halides is 2. The topological polar surface area (TPSA) is 67.4 Å². The average Bonchev–Trinajstić information content (AvgIpc) is 2.73. The molecule has 31 heavy (non-hydrogen) atoms. The van der Waals surface area contributed by atoms with Gasteiger partial charge in [-0.3, -0.25) is 9.89 Å². The molecule has 1 saturated heterocycles. The van der Waals surface area contributed by atoms with Crippen LogP contribution >= 0.6 is 24.0 Å². The van der Waals surface area contributed by atoms with E-state index in [4.69, 9.17) is 9.47 Å². The van der Waals surface area contributed by atoms with E-state index in [0.717, 1.165) is 39.3 Å². The highest BCUT2D eigenvalue weighted by Gasteiger charge is 2.22. The molecule has 1 fully saturated rings. The molecule has 0 bridgehead atoms. The zero-order chi connectivity index (χ0) is 21.9. The van der Waals surface area contributed by atoms with Crippen molar-refractivity contribution in [1.82, 2.24) is 15.5 Å². The van der Waals surface area contributed by atoms with Gasteiger partial charge in [-0.15, -0.1) is 24.0 Å². The van der Waals surface area contributed by atoms with E-state index in [1.54, 1.807) is 19.2 Å². The van der Waals surface area contributed by atoms with Crippen LogP contribution in [0.4, 0.5) is 8.78 Å². The van der Waals surface area contributed by atoms with Crippen molar-refractivity contribution in [3.63, 3.8) is 0 Å². The zero-order valence-corrected chi connectivity index (χ0v) is 21.0. The normalized spacial score (nSPS) is 16.1. The Labute approximate surface area is 200 Å². The van der Waals surface area contributed by atoms with Crippen LogP contribution in [0.5, 0.6) is 11.5 Å². The molecule has 1 aromatic rings. The third kappa shape index (κ3) is 9.73. The number of hydrogen-bond donors (Lipinski definition) is 2. The summed E-state index contributed by atoms with van der Waals surface area (Å²) >= 11 is 0. The van der Waals surface area contributed by atoms with Gasteiger partial charge in [-0.25, -0.2) is 0 Å². The Hall–Kier alpha value is -1.40. The number of ether oxygens (including phenoxy) is 3. The summed E-state index contributed by atoms with van der Waals surface area (Å²) in [5, 5.41) is 6.55. The maximum Gasteiger partial charge on any atom is 0.387 e. The third-order valence-corrected chi connectivity index (χ3v) is 4.97. The number of hydrogen-bond acceptors (Lipinski definition) is 5. The molecule has 0 amide bonds. The summed E-state index contributed by atoms with van der Waals surface area (Å²) in [6, 6.07) is 5.23. The molecule has 7 nitrogen and oxygen atoms in total. The molecule has 10 heteroatoms. The molecule has 0 aliphatic carbocycles. The number of halogens is 3. The molecule has 2 N–H and O–H groups in total. The molecule has 1 aromatic carbocycles. The summed E-state index contributed by atoms with van der Waals surface area (Å²) in [6.45, 7) is 5.91. The Kier molecular flexibility index (Phi) is 13.0. The molecule has 1 heterocycles. The molecule has 0 aromatic heterocycles. The second kappa shape index (κ2) is 14.6. The molecule has 1 aliphatic rings. The van der Waals surface area contributed by atoms with Crippen molar-refractivity contribution in [2.24, 2.45) is 10.9 Å². The minimum Gasteiger partial charge on any atom is -0.497 e. The fourth-order valence-corrected chi connectivity index (χ4v) is 3.48. The van der Waals surface area contributed by atoms with Gasteiger partial charge in [0.1, 0.15) is 11.5 Å². The van der Waals surface area contributed by atoms with Gasteiger partial charge in [0.05, 0.1) is 20.3 Å². The van der Waals surface area contributed by atoms with Crippen molar-refractivity contribution in [3.8, 4) is 11.5 Å². The third-order valence-electron chi connectivity index (χ3n) is 4.97. The van der Waals surface area contributed by atoms with Gasteiger partial charge in [0.2, 0.25) is 0 Å². The Morgan fingerprint density at radius 3 is 2.52 bits per heavy atom. The molecule has 1 atom stereocenters. The second-order valence-corrected chi connectivity index (χ2v) is 7.59. The van der Waals surface area contributed by atoms with E-state index in [9.17, 15) is 8.78 Å². The van der Waals surface area contributed by atoms with Crippen LogP contribution in [-0.4, -0.2) is 70.5 Å². The van der Waals surface area contributed by atoms with Gasteiger partial charge in [-0.05, 0) is 24.5 Å². The highest BCUT2D eigenvalue weighted by molar-refractivity contribution is 14.0. The molecular formula is C21H35F2IN4O3. The first-order valence-electron chi connectivity index (χ1n) is 10.3. The number of nitrogens with one attached hydrogen (secondary N) is 2. The van der Waals surface area contributed by atoms with Crippen molar-refractivity contribution in [2.75, 3.05) is 47.0 Å². The van der Waals surface area contributed by atoms with Crippen LogP contribution in [0.15, 0.2) is 23.2 Å². The monoisotopic (exact) mass is 556 g/mol. The maximum atomic E-state index is 12.8. The van der Waals surface area contributed by atoms with Gasteiger partial charge >= 0.3 is 6.61 Å². The van der Waals surface area contributed by atoms with Crippen LogP contribution in [0, 0.1) is 5.92 Å². The van der Waals surface area contributed by atoms with E-state index in [1.165, 1.54) is 13.2 Å². The fourth-order valence-electron chi connectivity index (χ4n) is 3.48. The first-order chi connectivity index (χ1) is 14.4. The summed E-state index contributed by atoms with van der Waals surface area (Å²) in [7, 11) is 3.17. The first kappa shape index (κ1) is 27.6. The number of methoxy groups -OCH3 is 1. The van der Waals surface area contributed by atoms with E-state index in [0.29, 0.717) is 29.2 Å². The first-order valence-corrected chi connectivity index (χ1v) is 10.3. The number of nitrogens with zero attached hydrogens (tertiary/aromatic N) is 2. The lowest BCUT2D eigenvalue weighted by Gasteiger charge is -2.35. The largest absolute Gasteiger partial charge is 0.497 e. The summed E-state index contributed by atoms with van der Waals surface area (Å²) in [6.07, 6.45) is 1.06. The Balaban J connectivity index is 0.00000480. The van der Waals surface area contributed by atoms with Crippen molar-refractivity contribution in [2.45, 2.75) is 39.5 Å². The van der Waals surface area contributed by atoms with E-state index < -0.39 is 6.61 Å². The summed E-state index contributed by atoms with van der Waals surface area (Å²) in [5.74, 6) is 1.72. The molecule has 1 aliphatic heterocycles. The van der Waals surface area contributed by atoms with Gasteiger partial charge in [-0.1, -0.05) is 13.8 Å². The highest BCUT2D eigenvalue weighted by atomic mass is 127. The van der Waals surface area contributed by atoms with Gasteiger partial charge in [0.25, 0.3) is 0 Å². The number of rotatable bonds is 10. The van der Waals surface area contributed by atoms with E-state index >= 15 is 0 Å². The van der Waals surface area contributed by atoms with Crippen LogP contribution < -0.4 is 20.1 Å². The SMILES string of the molecule is CN=C(NCc1ccc(OC)cc1OC(F)F)NCC(CC(C)C)N1CCOCC1.I. The maximum absolute atomic E-state index is 12.8. The van der Waals surface area contributed by atoms with Gasteiger partial charge in [0.15, 0.2) is 5.96 Å². The smallest absolute Gasteiger partial charge is 0.387 e. The molecule has 2 rings (SSSR count). The highest BCUT2D eigenvalue weighted by Crippen LogP contribution is 2.26. The van der Waals surface area contributed by atoms with Crippen LogP contribution in [0.3, 0.4) is 0 Å². The standard InChI is InChI=1S/C21H34F2N4O3.HI/c1-15(2)11-17(27-7-9-29-10-8-27)14-26-21(24-3)25-13-16-5-6-18(28-4)12-19(16)30-20(22)23;/h5-6,12,15,17,20H,7-11,13-14H2,1-4H3,(H2,24,25,26);1H. The quantitative estimate of drug-likeness (QED) is 0.262. The van der Waals surface area contributed by atoms with Gasteiger partial charge in [0, 0.05) is 50.9 Å². The second-order valence-electron chi connectivity index (χ2n) is 7.59. The van der Waals surface area contributed by atoms with Gasteiger partial charge < -0.3 is 24.8 Å². The zero-order valence-electron chi connectivity index (χ0n) is 18.7. The van der Waals surface area contributed by atoms with Crippen molar-refractivity contribution < 1.29 is 23.0 Å². The Morgan fingerprint density at radius 1 is 1.23 bits per heavy atom. The molecule has 1 unspecified atom stereocenters. The van der Waals surface area contributed by atoms with Crippen molar-refractivity contribution >= 4 is 29.9 Å². The molecule has 0 saturated carbocycles. The number of guanidine groups is 1. The Bertz CT molecular complexity index is 674. The van der Waals surface area contributed by atoms with E-state index in [-0.39, 0.29) is 36.3 Å². The number of morpholine rings is 1. The summed E-state index contributed by atoms with van der Waals surface area (Å²) in [5.41, 5.74) is 0.589. The molecule has 0 radical (unpaired) electrons. The average molecular weight is 556 g/mol. The van der Waals surface area contributed by atoms with E-state index in [2.05, 4.69) is 39.1 Å².